The molecule has 1 fully saturated rings. The number of aromatic hydroxyl groups is 1. The molecule has 5 nitrogen and oxygen atoms in total. The molecule has 104 valence electrons. The third kappa shape index (κ3) is 2.77. The monoisotopic (exact) mass is 274 g/mol. The van der Waals surface area contributed by atoms with E-state index >= 15 is 0 Å². The maximum absolute atomic E-state index is 11.8. The molecule has 1 aromatic rings. The number of hydrogen-bond donors (Lipinski definition) is 1. The number of rotatable bonds is 4. The first-order valence-electron chi connectivity index (χ1n) is 6.17. The average molecular weight is 274 g/mol. The van der Waals surface area contributed by atoms with Gasteiger partial charge in [-0.15, -0.1) is 0 Å². The summed E-state index contributed by atoms with van der Waals surface area (Å²) < 4.78 is 4.90. The smallest absolute Gasteiger partial charge is 0.173 e. The minimum Gasteiger partial charge on any atom is -0.504 e. The maximum Gasteiger partial charge on any atom is 0.173 e. The van der Waals surface area contributed by atoms with Crippen LogP contribution < -0.4 is 4.74 Å². The summed E-state index contributed by atoms with van der Waals surface area (Å²) in [4.78, 5) is 34.7. The van der Waals surface area contributed by atoms with E-state index in [1.807, 2.05) is 0 Å². The van der Waals surface area contributed by atoms with Gasteiger partial charge in [-0.25, -0.2) is 0 Å². The van der Waals surface area contributed by atoms with Crippen LogP contribution in [0.4, 0.5) is 0 Å². The molecule has 1 N–H and O–H groups in total. The molecule has 1 saturated carbocycles. The van der Waals surface area contributed by atoms with Gasteiger partial charge in [0.15, 0.2) is 28.8 Å². The lowest BCUT2D eigenvalue weighted by Gasteiger charge is -2.04. The SMILES string of the molecule is COc1ccc(/C=C/C(=O)C2C(=O)CCC2=O)cc1O. The van der Waals surface area contributed by atoms with Crippen LogP contribution in [0.15, 0.2) is 24.3 Å². The van der Waals surface area contributed by atoms with E-state index in [1.54, 1.807) is 12.1 Å². The van der Waals surface area contributed by atoms with Gasteiger partial charge < -0.3 is 9.84 Å². The number of benzene rings is 1. The van der Waals surface area contributed by atoms with Crippen molar-refractivity contribution in [2.75, 3.05) is 7.11 Å². The van der Waals surface area contributed by atoms with E-state index in [4.69, 9.17) is 4.74 Å². The summed E-state index contributed by atoms with van der Waals surface area (Å²) in [5, 5.41) is 9.60. The highest BCUT2D eigenvalue weighted by Gasteiger charge is 2.37. The Morgan fingerprint density at radius 1 is 1.30 bits per heavy atom. The van der Waals surface area contributed by atoms with Crippen molar-refractivity contribution in [2.24, 2.45) is 5.92 Å². The van der Waals surface area contributed by atoms with E-state index in [-0.39, 0.29) is 30.2 Å². The van der Waals surface area contributed by atoms with Gasteiger partial charge in [0, 0.05) is 12.8 Å². The Hall–Kier alpha value is -2.43. The fraction of sp³-hybridized carbons (Fsp3) is 0.267. The first-order chi connectivity index (χ1) is 9.52. The highest BCUT2D eigenvalue weighted by molar-refractivity contribution is 6.26. The normalized spacial score (nSPS) is 16.1. The molecule has 0 spiro atoms. The Bertz CT molecular complexity index is 584. The molecule has 0 radical (unpaired) electrons. The number of carbonyl (C=O) groups is 3. The molecule has 0 amide bonds. The molecule has 5 heteroatoms. The molecule has 0 atom stereocenters. The number of phenolic OH excluding ortho intramolecular Hbond substituents is 1. The molecule has 0 bridgehead atoms. The van der Waals surface area contributed by atoms with Crippen molar-refractivity contribution in [2.45, 2.75) is 12.8 Å². The number of phenols is 1. The van der Waals surface area contributed by atoms with Crippen molar-refractivity contribution in [3.05, 3.63) is 29.8 Å². The van der Waals surface area contributed by atoms with E-state index in [0.29, 0.717) is 11.3 Å². The number of allylic oxidation sites excluding steroid dienone is 1. The Kier molecular flexibility index (Phi) is 3.98. The minimum atomic E-state index is -1.14. The van der Waals surface area contributed by atoms with Crippen LogP contribution in [0.2, 0.25) is 0 Å². The Morgan fingerprint density at radius 3 is 2.50 bits per heavy atom. The topological polar surface area (TPSA) is 80.7 Å². The van der Waals surface area contributed by atoms with E-state index in [1.165, 1.54) is 25.3 Å². The third-order valence-electron chi connectivity index (χ3n) is 3.19. The van der Waals surface area contributed by atoms with E-state index in [2.05, 4.69) is 0 Å². The molecule has 0 heterocycles. The minimum absolute atomic E-state index is 0.0462. The van der Waals surface area contributed by atoms with Gasteiger partial charge in [0.25, 0.3) is 0 Å². The van der Waals surface area contributed by atoms with Gasteiger partial charge in [-0.05, 0) is 23.8 Å². The van der Waals surface area contributed by atoms with Crippen LogP contribution >= 0.6 is 0 Å². The lowest BCUT2D eigenvalue weighted by atomic mass is 9.99. The van der Waals surface area contributed by atoms with Gasteiger partial charge in [0.1, 0.15) is 5.92 Å². The molecular weight excluding hydrogens is 260 g/mol. The summed E-state index contributed by atoms with van der Waals surface area (Å²) >= 11 is 0. The van der Waals surface area contributed by atoms with Gasteiger partial charge >= 0.3 is 0 Å². The van der Waals surface area contributed by atoms with E-state index in [0.717, 1.165) is 0 Å². The number of hydrogen-bond acceptors (Lipinski definition) is 5. The molecule has 0 unspecified atom stereocenters. The van der Waals surface area contributed by atoms with Crippen molar-refractivity contribution in [1.82, 2.24) is 0 Å². The zero-order valence-electron chi connectivity index (χ0n) is 11.0. The predicted octanol–water partition coefficient (Wildman–Crippen LogP) is 1.53. The molecule has 1 aliphatic rings. The molecule has 1 aromatic carbocycles. The van der Waals surface area contributed by atoms with Crippen molar-refractivity contribution >= 4 is 23.4 Å². The summed E-state index contributed by atoms with van der Waals surface area (Å²) in [5.74, 6) is -2.00. The zero-order valence-corrected chi connectivity index (χ0v) is 11.0. The van der Waals surface area contributed by atoms with Gasteiger partial charge in [-0.2, -0.15) is 0 Å². The Balaban J connectivity index is 2.13. The molecule has 0 aliphatic heterocycles. The highest BCUT2D eigenvalue weighted by Crippen LogP contribution is 2.27. The predicted molar refractivity (Wildman–Crippen MR) is 71.4 cm³/mol. The van der Waals surface area contributed by atoms with E-state index in [9.17, 15) is 19.5 Å². The van der Waals surface area contributed by atoms with E-state index < -0.39 is 11.7 Å². The summed E-state index contributed by atoms with van der Waals surface area (Å²) in [6.07, 6.45) is 2.95. The van der Waals surface area contributed by atoms with Crippen molar-refractivity contribution < 1.29 is 24.2 Å². The summed E-state index contributed by atoms with van der Waals surface area (Å²) in [5.41, 5.74) is 0.578. The van der Waals surface area contributed by atoms with Crippen LogP contribution in [0, 0.1) is 5.92 Å². The second-order valence-corrected chi connectivity index (χ2v) is 4.53. The van der Waals surface area contributed by atoms with Crippen LogP contribution in [0.3, 0.4) is 0 Å². The summed E-state index contributed by atoms with van der Waals surface area (Å²) in [7, 11) is 1.44. The lowest BCUT2D eigenvalue weighted by molar-refractivity contribution is -0.133. The number of ether oxygens (including phenoxy) is 1. The van der Waals surface area contributed by atoms with Crippen molar-refractivity contribution in [3.63, 3.8) is 0 Å². The standard InChI is InChI=1S/C15H14O5/c1-20-14-7-3-9(8-13(14)19)2-4-10(16)15-11(17)5-6-12(15)18/h2-4,7-8,15,19H,5-6H2,1H3/b4-2+. The van der Waals surface area contributed by atoms with Gasteiger partial charge in [-0.1, -0.05) is 12.1 Å². The largest absolute Gasteiger partial charge is 0.504 e. The summed E-state index contributed by atoms with van der Waals surface area (Å²) in [6.45, 7) is 0. The lowest BCUT2D eigenvalue weighted by Crippen LogP contribution is -2.23. The summed E-state index contributed by atoms with van der Waals surface area (Å²) in [6, 6.07) is 4.65. The number of methoxy groups -OCH3 is 1. The van der Waals surface area contributed by atoms with Crippen LogP contribution in [0.1, 0.15) is 18.4 Å². The van der Waals surface area contributed by atoms with Crippen LogP contribution in [-0.2, 0) is 14.4 Å². The van der Waals surface area contributed by atoms with Crippen molar-refractivity contribution in [1.29, 1.82) is 0 Å². The number of carbonyl (C=O) groups excluding carboxylic acids is 3. The Labute approximate surface area is 115 Å². The maximum atomic E-state index is 11.8. The molecule has 2 rings (SSSR count). The third-order valence-corrected chi connectivity index (χ3v) is 3.19. The van der Waals surface area contributed by atoms with Crippen LogP contribution in [0.25, 0.3) is 6.08 Å². The average Bonchev–Trinajstić information content (AvgIpc) is 2.76. The molecule has 20 heavy (non-hydrogen) atoms. The Morgan fingerprint density at radius 2 is 1.95 bits per heavy atom. The second kappa shape index (κ2) is 5.69. The molecule has 1 aliphatic carbocycles. The van der Waals surface area contributed by atoms with Crippen molar-refractivity contribution in [3.8, 4) is 11.5 Å². The van der Waals surface area contributed by atoms with Gasteiger partial charge in [-0.3, -0.25) is 14.4 Å². The van der Waals surface area contributed by atoms with Gasteiger partial charge in [0.05, 0.1) is 7.11 Å². The quantitative estimate of drug-likeness (QED) is 0.665. The zero-order chi connectivity index (χ0) is 14.7. The number of ketones is 3. The fourth-order valence-electron chi connectivity index (χ4n) is 2.12. The van der Waals surface area contributed by atoms with Gasteiger partial charge in [0.2, 0.25) is 0 Å². The van der Waals surface area contributed by atoms with Crippen LogP contribution in [-0.4, -0.2) is 29.6 Å². The first kappa shape index (κ1) is 14.0. The number of Topliss-reactive ketones (excluding diaryl/α,β-unsaturated/α-hetero) is 2. The molecular formula is C15H14O5. The molecule has 0 aromatic heterocycles. The second-order valence-electron chi connectivity index (χ2n) is 4.53. The fourth-order valence-corrected chi connectivity index (χ4v) is 2.12. The molecule has 0 saturated heterocycles. The van der Waals surface area contributed by atoms with Crippen LogP contribution in [0.5, 0.6) is 11.5 Å². The first-order valence-corrected chi connectivity index (χ1v) is 6.17. The highest BCUT2D eigenvalue weighted by atomic mass is 16.5.